The van der Waals surface area contributed by atoms with E-state index in [0.717, 1.165) is 15.6 Å². The Morgan fingerprint density at radius 3 is 2.74 bits per heavy atom. The predicted molar refractivity (Wildman–Crippen MR) is 81.1 cm³/mol. The molecule has 0 saturated heterocycles. The van der Waals surface area contributed by atoms with Gasteiger partial charge in [0.15, 0.2) is 0 Å². The van der Waals surface area contributed by atoms with Gasteiger partial charge < -0.3 is 9.72 Å². The lowest BCUT2D eigenvalue weighted by Crippen LogP contribution is -2.14. The molecule has 2 aromatic rings. The number of hydrogen-bond acceptors (Lipinski definition) is 3. The summed E-state index contributed by atoms with van der Waals surface area (Å²) in [5, 5.41) is 0. The summed E-state index contributed by atoms with van der Waals surface area (Å²) < 4.78 is 6.34. The standard InChI is InChI=1S/C13H12Br2N2O2/c1-7-3-4-8(9(14)5-7)12-16-10(6-19-2)11(15)13(18)17-12/h3-5H,6H2,1-2H3,(H,16,17,18). The molecule has 1 heterocycles. The van der Waals surface area contributed by atoms with E-state index in [1.807, 2.05) is 25.1 Å². The van der Waals surface area contributed by atoms with Crippen LogP contribution in [0, 0.1) is 6.92 Å². The number of H-pyrrole nitrogens is 1. The van der Waals surface area contributed by atoms with E-state index < -0.39 is 0 Å². The molecule has 0 aliphatic rings. The zero-order valence-electron chi connectivity index (χ0n) is 10.5. The molecular formula is C13H12Br2N2O2. The molecule has 2 rings (SSSR count). The molecular weight excluding hydrogens is 376 g/mol. The molecule has 1 N–H and O–H groups in total. The third kappa shape index (κ3) is 3.13. The van der Waals surface area contributed by atoms with E-state index in [-0.39, 0.29) is 12.2 Å². The van der Waals surface area contributed by atoms with E-state index in [0.29, 0.717) is 16.0 Å². The first kappa shape index (κ1) is 14.4. The van der Waals surface area contributed by atoms with Gasteiger partial charge in [-0.2, -0.15) is 0 Å². The molecule has 0 aliphatic heterocycles. The minimum absolute atomic E-state index is 0.218. The van der Waals surface area contributed by atoms with Gasteiger partial charge in [0.05, 0.1) is 12.3 Å². The van der Waals surface area contributed by atoms with Crippen LogP contribution in [0.2, 0.25) is 0 Å². The number of hydrogen-bond donors (Lipinski definition) is 1. The van der Waals surface area contributed by atoms with Crippen molar-refractivity contribution in [2.24, 2.45) is 0 Å². The maximum absolute atomic E-state index is 11.9. The Morgan fingerprint density at radius 2 is 2.11 bits per heavy atom. The van der Waals surface area contributed by atoms with Crippen molar-refractivity contribution >= 4 is 31.9 Å². The second-order valence-corrected chi connectivity index (χ2v) is 5.74. The van der Waals surface area contributed by atoms with Gasteiger partial charge in [-0.15, -0.1) is 0 Å². The van der Waals surface area contributed by atoms with E-state index in [1.165, 1.54) is 0 Å². The normalized spacial score (nSPS) is 10.7. The molecule has 100 valence electrons. The number of aromatic amines is 1. The molecule has 0 bridgehead atoms. The van der Waals surface area contributed by atoms with Gasteiger partial charge in [0.2, 0.25) is 0 Å². The zero-order valence-corrected chi connectivity index (χ0v) is 13.6. The SMILES string of the molecule is COCc1nc(-c2ccc(C)cc2Br)[nH]c(=O)c1Br. The summed E-state index contributed by atoms with van der Waals surface area (Å²) in [6.07, 6.45) is 0. The Morgan fingerprint density at radius 1 is 1.37 bits per heavy atom. The van der Waals surface area contributed by atoms with Crippen LogP contribution in [0.3, 0.4) is 0 Å². The van der Waals surface area contributed by atoms with Crippen molar-refractivity contribution in [2.75, 3.05) is 7.11 Å². The largest absolute Gasteiger partial charge is 0.378 e. The second-order valence-electron chi connectivity index (χ2n) is 4.09. The fourth-order valence-corrected chi connectivity index (χ4v) is 2.66. The zero-order chi connectivity index (χ0) is 14.0. The fraction of sp³-hybridized carbons (Fsp3) is 0.231. The number of aryl methyl sites for hydroxylation is 1. The Hall–Kier alpha value is -0.980. The average Bonchev–Trinajstić information content (AvgIpc) is 2.35. The van der Waals surface area contributed by atoms with Gasteiger partial charge in [-0.05, 0) is 40.5 Å². The van der Waals surface area contributed by atoms with Crippen LogP contribution >= 0.6 is 31.9 Å². The van der Waals surface area contributed by atoms with Crippen molar-refractivity contribution < 1.29 is 4.74 Å². The van der Waals surface area contributed by atoms with Gasteiger partial charge in [-0.25, -0.2) is 4.98 Å². The first-order valence-electron chi connectivity index (χ1n) is 5.57. The molecule has 1 aromatic heterocycles. The lowest BCUT2D eigenvalue weighted by atomic mass is 10.1. The number of halogens is 2. The summed E-state index contributed by atoms with van der Waals surface area (Å²) >= 11 is 6.71. The van der Waals surface area contributed by atoms with E-state index in [4.69, 9.17) is 4.74 Å². The molecule has 1 aromatic carbocycles. The van der Waals surface area contributed by atoms with Crippen molar-refractivity contribution in [1.82, 2.24) is 9.97 Å². The van der Waals surface area contributed by atoms with Crippen molar-refractivity contribution in [2.45, 2.75) is 13.5 Å². The van der Waals surface area contributed by atoms with Crippen LogP contribution in [0.5, 0.6) is 0 Å². The average molecular weight is 388 g/mol. The number of nitrogens with zero attached hydrogens (tertiary/aromatic N) is 1. The summed E-state index contributed by atoms with van der Waals surface area (Å²) in [4.78, 5) is 19.1. The molecule has 0 radical (unpaired) electrons. The topological polar surface area (TPSA) is 55.0 Å². The van der Waals surface area contributed by atoms with Gasteiger partial charge in [0, 0.05) is 17.1 Å². The van der Waals surface area contributed by atoms with Crippen molar-refractivity contribution in [3.8, 4) is 11.4 Å². The molecule has 0 spiro atoms. The maximum atomic E-state index is 11.9. The van der Waals surface area contributed by atoms with Crippen LogP contribution in [0.4, 0.5) is 0 Å². The first-order chi connectivity index (χ1) is 9.02. The molecule has 0 aliphatic carbocycles. The van der Waals surface area contributed by atoms with Crippen LogP contribution in [-0.4, -0.2) is 17.1 Å². The number of benzene rings is 1. The van der Waals surface area contributed by atoms with Gasteiger partial charge in [-0.1, -0.05) is 22.0 Å². The Labute approximate surface area is 127 Å². The number of nitrogens with one attached hydrogen (secondary N) is 1. The fourth-order valence-electron chi connectivity index (χ4n) is 1.68. The number of rotatable bonds is 3. The molecule has 0 atom stereocenters. The van der Waals surface area contributed by atoms with Gasteiger partial charge >= 0.3 is 0 Å². The summed E-state index contributed by atoms with van der Waals surface area (Å²) in [7, 11) is 1.57. The van der Waals surface area contributed by atoms with Crippen LogP contribution in [0.25, 0.3) is 11.4 Å². The molecule has 6 heteroatoms. The van der Waals surface area contributed by atoms with Crippen LogP contribution in [0.1, 0.15) is 11.3 Å². The van der Waals surface area contributed by atoms with E-state index in [9.17, 15) is 4.79 Å². The van der Waals surface area contributed by atoms with Gasteiger partial charge in [0.25, 0.3) is 5.56 Å². The summed E-state index contributed by atoms with van der Waals surface area (Å²) in [5.74, 6) is 0.520. The molecule has 19 heavy (non-hydrogen) atoms. The molecule has 0 unspecified atom stereocenters. The Balaban J connectivity index is 2.59. The number of ether oxygens (including phenoxy) is 1. The molecule has 0 saturated carbocycles. The van der Waals surface area contributed by atoms with E-state index in [1.54, 1.807) is 7.11 Å². The van der Waals surface area contributed by atoms with Crippen molar-refractivity contribution in [3.05, 3.63) is 48.8 Å². The lowest BCUT2D eigenvalue weighted by molar-refractivity contribution is 0.180. The smallest absolute Gasteiger partial charge is 0.265 e. The number of aromatic nitrogens is 2. The highest BCUT2D eigenvalue weighted by Gasteiger charge is 2.12. The minimum atomic E-state index is -0.218. The Kier molecular flexibility index (Phi) is 4.54. The predicted octanol–water partition coefficient (Wildman–Crippen LogP) is 3.42. The highest BCUT2D eigenvalue weighted by atomic mass is 79.9. The lowest BCUT2D eigenvalue weighted by Gasteiger charge is -2.08. The van der Waals surface area contributed by atoms with Crippen molar-refractivity contribution in [1.29, 1.82) is 0 Å². The monoisotopic (exact) mass is 386 g/mol. The number of methoxy groups -OCH3 is 1. The highest BCUT2D eigenvalue weighted by molar-refractivity contribution is 9.10. The molecule has 0 fully saturated rings. The third-order valence-electron chi connectivity index (χ3n) is 2.59. The molecule has 4 nitrogen and oxygen atoms in total. The minimum Gasteiger partial charge on any atom is -0.378 e. The van der Waals surface area contributed by atoms with Crippen LogP contribution in [0.15, 0.2) is 31.9 Å². The third-order valence-corrected chi connectivity index (χ3v) is 4.07. The second kappa shape index (κ2) is 5.98. The maximum Gasteiger partial charge on any atom is 0.265 e. The first-order valence-corrected chi connectivity index (χ1v) is 7.15. The van der Waals surface area contributed by atoms with E-state index in [2.05, 4.69) is 41.8 Å². The van der Waals surface area contributed by atoms with Crippen LogP contribution in [-0.2, 0) is 11.3 Å². The van der Waals surface area contributed by atoms with E-state index >= 15 is 0 Å². The van der Waals surface area contributed by atoms with Gasteiger partial charge in [-0.3, -0.25) is 4.79 Å². The van der Waals surface area contributed by atoms with Crippen molar-refractivity contribution in [3.63, 3.8) is 0 Å². The highest BCUT2D eigenvalue weighted by Crippen LogP contribution is 2.26. The molecule has 0 amide bonds. The van der Waals surface area contributed by atoms with Gasteiger partial charge in [0.1, 0.15) is 10.3 Å². The summed E-state index contributed by atoms with van der Waals surface area (Å²) in [5.41, 5.74) is 2.33. The Bertz CT molecular complexity index is 668. The summed E-state index contributed by atoms with van der Waals surface area (Å²) in [6.45, 7) is 2.28. The summed E-state index contributed by atoms with van der Waals surface area (Å²) in [6, 6.07) is 5.87. The van der Waals surface area contributed by atoms with Crippen LogP contribution < -0.4 is 5.56 Å². The quantitative estimate of drug-likeness (QED) is 0.877.